The Morgan fingerprint density at radius 3 is 2.36 bits per heavy atom. The number of hydrogen-bond acceptors (Lipinski definition) is 3. The van der Waals surface area contributed by atoms with Crippen LogP contribution in [-0.4, -0.2) is 31.5 Å². The first-order valence-corrected chi connectivity index (χ1v) is 10.2. The van der Waals surface area contributed by atoms with E-state index in [0.717, 1.165) is 19.1 Å². The second-order valence-corrected chi connectivity index (χ2v) is 8.17. The highest BCUT2D eigenvalue weighted by atomic mass is 32.2. The molecule has 0 radical (unpaired) electrons. The summed E-state index contributed by atoms with van der Waals surface area (Å²) >= 11 is 0. The molecule has 1 aliphatic rings. The Labute approximate surface area is 148 Å². The van der Waals surface area contributed by atoms with Gasteiger partial charge in [-0.25, -0.2) is 8.42 Å². The van der Waals surface area contributed by atoms with Crippen molar-refractivity contribution in [1.82, 2.24) is 4.90 Å². The number of carbonyl (C=O) groups excluding carboxylic acids is 1. The predicted molar refractivity (Wildman–Crippen MR) is 99.0 cm³/mol. The molecule has 0 saturated carbocycles. The summed E-state index contributed by atoms with van der Waals surface area (Å²) in [7, 11) is -3.32. The van der Waals surface area contributed by atoms with Gasteiger partial charge in [0, 0.05) is 23.8 Å². The van der Waals surface area contributed by atoms with Crippen molar-refractivity contribution in [1.29, 1.82) is 0 Å². The van der Waals surface area contributed by atoms with E-state index < -0.39 is 10.0 Å². The van der Waals surface area contributed by atoms with Crippen molar-refractivity contribution in [3.8, 4) is 0 Å². The predicted octanol–water partition coefficient (Wildman–Crippen LogP) is 3.04. The molecule has 5 nitrogen and oxygen atoms in total. The van der Waals surface area contributed by atoms with Gasteiger partial charge in [0.25, 0.3) is 5.91 Å². The summed E-state index contributed by atoms with van der Waals surface area (Å²) in [5.74, 6) is -0.0211. The zero-order valence-corrected chi connectivity index (χ0v) is 15.2. The van der Waals surface area contributed by atoms with Gasteiger partial charge >= 0.3 is 0 Å². The molecule has 1 aliphatic heterocycles. The number of hydrogen-bond donors (Lipinski definition) is 1. The molecule has 132 valence electrons. The Balaban J connectivity index is 1.82. The lowest BCUT2D eigenvalue weighted by Crippen LogP contribution is -2.43. The molecule has 0 saturated heterocycles. The zero-order valence-electron chi connectivity index (χ0n) is 14.4. The van der Waals surface area contributed by atoms with Gasteiger partial charge in [-0.1, -0.05) is 31.2 Å². The highest BCUT2D eigenvalue weighted by Gasteiger charge is 2.29. The second kappa shape index (κ2) is 6.88. The van der Waals surface area contributed by atoms with E-state index in [9.17, 15) is 13.2 Å². The van der Waals surface area contributed by atoms with Crippen molar-refractivity contribution in [3.63, 3.8) is 0 Å². The van der Waals surface area contributed by atoms with Gasteiger partial charge in [0.15, 0.2) is 0 Å². The van der Waals surface area contributed by atoms with Gasteiger partial charge in [-0.15, -0.1) is 0 Å². The van der Waals surface area contributed by atoms with Gasteiger partial charge in [0.1, 0.15) is 0 Å². The normalized spacial score (nSPS) is 17.0. The lowest BCUT2D eigenvalue weighted by molar-refractivity contribution is 0.0635. The van der Waals surface area contributed by atoms with E-state index in [1.807, 2.05) is 17.0 Å². The summed E-state index contributed by atoms with van der Waals surface area (Å²) < 4.78 is 25.0. The van der Waals surface area contributed by atoms with Gasteiger partial charge in [-0.2, -0.15) is 0 Å². The molecular weight excluding hydrogens is 336 g/mol. The third-order valence-electron chi connectivity index (χ3n) is 4.52. The Hall–Kier alpha value is -2.34. The van der Waals surface area contributed by atoms with E-state index in [0.29, 0.717) is 17.8 Å². The van der Waals surface area contributed by atoms with Gasteiger partial charge in [-0.05, 0) is 48.2 Å². The fourth-order valence-corrected chi connectivity index (χ4v) is 3.81. The maximum Gasteiger partial charge on any atom is 0.254 e. The average molecular weight is 358 g/mol. The number of carbonyl (C=O) groups is 1. The molecule has 1 amide bonds. The van der Waals surface area contributed by atoms with E-state index in [2.05, 4.69) is 23.8 Å². The summed E-state index contributed by atoms with van der Waals surface area (Å²) in [6.07, 6.45) is 2.86. The number of sulfonamides is 1. The van der Waals surface area contributed by atoms with Gasteiger partial charge in [0.2, 0.25) is 10.0 Å². The first-order valence-electron chi connectivity index (χ1n) is 8.33. The molecular formula is C19H22N2O3S. The van der Waals surface area contributed by atoms with E-state index in [1.165, 1.54) is 11.1 Å². The lowest BCUT2D eigenvalue weighted by atomic mass is 9.92. The third kappa shape index (κ3) is 4.02. The van der Waals surface area contributed by atoms with E-state index in [-0.39, 0.29) is 11.9 Å². The molecule has 25 heavy (non-hydrogen) atoms. The van der Waals surface area contributed by atoms with E-state index >= 15 is 0 Å². The van der Waals surface area contributed by atoms with Crippen LogP contribution in [0.5, 0.6) is 0 Å². The van der Waals surface area contributed by atoms with Crippen LogP contribution in [0.15, 0.2) is 48.5 Å². The smallest absolute Gasteiger partial charge is 0.254 e. The molecule has 2 aromatic carbocycles. The fraction of sp³-hybridized carbons (Fsp3) is 0.316. The molecule has 3 rings (SSSR count). The summed E-state index contributed by atoms with van der Waals surface area (Å²) in [5.41, 5.74) is 3.52. The summed E-state index contributed by atoms with van der Waals surface area (Å²) in [6.45, 7) is 2.70. The first kappa shape index (κ1) is 17.5. The monoisotopic (exact) mass is 358 g/mol. The molecule has 2 aromatic rings. The van der Waals surface area contributed by atoms with Crippen LogP contribution in [-0.2, 0) is 23.0 Å². The Morgan fingerprint density at radius 1 is 1.12 bits per heavy atom. The first-order chi connectivity index (χ1) is 11.9. The highest BCUT2D eigenvalue weighted by molar-refractivity contribution is 7.92. The quantitative estimate of drug-likeness (QED) is 0.913. The summed E-state index contributed by atoms with van der Waals surface area (Å²) in [4.78, 5) is 14.9. The maximum absolute atomic E-state index is 13.0. The second-order valence-electron chi connectivity index (χ2n) is 6.42. The van der Waals surface area contributed by atoms with Gasteiger partial charge in [0.05, 0.1) is 6.26 Å². The number of nitrogens with one attached hydrogen (secondary N) is 1. The molecule has 1 atom stereocenters. The average Bonchev–Trinajstić information content (AvgIpc) is 2.59. The molecule has 0 aromatic heterocycles. The SMILES string of the molecule is CCC1Cc2ccccc2CN1C(=O)c1ccc(NS(C)(=O)=O)cc1. The van der Waals surface area contributed by atoms with Gasteiger partial charge < -0.3 is 4.90 Å². The molecule has 0 aliphatic carbocycles. The van der Waals surface area contributed by atoms with Crippen LogP contribution < -0.4 is 4.72 Å². The van der Waals surface area contributed by atoms with Crippen LogP contribution >= 0.6 is 0 Å². The van der Waals surface area contributed by atoms with Crippen molar-refractivity contribution >= 4 is 21.6 Å². The molecule has 6 heteroatoms. The van der Waals surface area contributed by atoms with Crippen molar-refractivity contribution < 1.29 is 13.2 Å². The minimum atomic E-state index is -3.32. The zero-order chi connectivity index (χ0) is 18.0. The number of anilines is 1. The number of nitrogens with zero attached hydrogens (tertiary/aromatic N) is 1. The van der Waals surface area contributed by atoms with Crippen molar-refractivity contribution in [2.75, 3.05) is 11.0 Å². The molecule has 1 unspecified atom stereocenters. The largest absolute Gasteiger partial charge is 0.331 e. The third-order valence-corrected chi connectivity index (χ3v) is 5.13. The minimum absolute atomic E-state index is 0.0211. The Bertz CT molecular complexity index is 876. The van der Waals surface area contributed by atoms with Crippen LogP contribution in [0.3, 0.4) is 0 Å². The highest BCUT2D eigenvalue weighted by Crippen LogP contribution is 2.26. The topological polar surface area (TPSA) is 66.5 Å². The number of amides is 1. The fourth-order valence-electron chi connectivity index (χ4n) is 3.25. The Kier molecular flexibility index (Phi) is 4.81. The lowest BCUT2D eigenvalue weighted by Gasteiger charge is -2.36. The Morgan fingerprint density at radius 2 is 1.76 bits per heavy atom. The van der Waals surface area contributed by atoms with Gasteiger partial charge in [-0.3, -0.25) is 9.52 Å². The number of fused-ring (bicyclic) bond motifs is 1. The minimum Gasteiger partial charge on any atom is -0.331 e. The number of benzene rings is 2. The summed E-state index contributed by atoms with van der Waals surface area (Å²) in [6, 6.07) is 15.0. The van der Waals surface area contributed by atoms with Crippen LogP contribution in [0, 0.1) is 0 Å². The van der Waals surface area contributed by atoms with Crippen LogP contribution in [0.1, 0.15) is 34.8 Å². The molecule has 0 spiro atoms. The van der Waals surface area contributed by atoms with Crippen LogP contribution in [0.25, 0.3) is 0 Å². The number of rotatable bonds is 4. The van der Waals surface area contributed by atoms with E-state index in [1.54, 1.807) is 24.3 Å². The van der Waals surface area contributed by atoms with Crippen molar-refractivity contribution in [2.45, 2.75) is 32.4 Å². The van der Waals surface area contributed by atoms with Crippen molar-refractivity contribution in [2.24, 2.45) is 0 Å². The maximum atomic E-state index is 13.0. The molecule has 1 heterocycles. The molecule has 1 N–H and O–H groups in total. The van der Waals surface area contributed by atoms with Crippen LogP contribution in [0.2, 0.25) is 0 Å². The molecule has 0 bridgehead atoms. The van der Waals surface area contributed by atoms with Crippen LogP contribution in [0.4, 0.5) is 5.69 Å². The standard InChI is InChI=1S/C19H22N2O3S/c1-3-18-12-15-6-4-5-7-16(15)13-21(18)19(22)14-8-10-17(11-9-14)20-25(2,23)24/h4-11,18,20H,3,12-13H2,1-2H3. The molecule has 0 fully saturated rings. The summed E-state index contributed by atoms with van der Waals surface area (Å²) in [5, 5.41) is 0. The van der Waals surface area contributed by atoms with E-state index in [4.69, 9.17) is 0 Å². The van der Waals surface area contributed by atoms with Crippen molar-refractivity contribution in [3.05, 3.63) is 65.2 Å².